The summed E-state index contributed by atoms with van der Waals surface area (Å²) in [7, 11) is 5.82. The number of fused-ring (bicyclic) bond motifs is 1. The highest BCUT2D eigenvalue weighted by Crippen LogP contribution is 2.53. The Balaban J connectivity index is 1.40. The van der Waals surface area contributed by atoms with Gasteiger partial charge in [-0.25, -0.2) is 0 Å². The normalized spacial score (nSPS) is 32.8. The maximum Gasteiger partial charge on any atom is 0.229 e. The van der Waals surface area contributed by atoms with Crippen molar-refractivity contribution in [2.45, 2.75) is 42.9 Å². The Morgan fingerprint density at radius 3 is 1.61 bits per heavy atom. The van der Waals surface area contributed by atoms with Crippen molar-refractivity contribution in [2.24, 2.45) is 11.8 Å². The van der Waals surface area contributed by atoms with E-state index in [9.17, 15) is 25.5 Å². The largest absolute Gasteiger partial charge is 0.502 e. The second kappa shape index (κ2) is 12.1. The Labute approximate surface area is 236 Å². The van der Waals surface area contributed by atoms with Crippen LogP contribution in [0.4, 0.5) is 0 Å². The van der Waals surface area contributed by atoms with Crippen LogP contribution in [-0.2, 0) is 14.2 Å². The lowest BCUT2D eigenvalue weighted by Crippen LogP contribution is -2.60. The quantitative estimate of drug-likeness (QED) is 0.280. The van der Waals surface area contributed by atoms with E-state index in [0.29, 0.717) is 13.2 Å². The molecule has 0 aliphatic carbocycles. The van der Waals surface area contributed by atoms with E-state index in [1.807, 2.05) is 0 Å². The van der Waals surface area contributed by atoms with Crippen molar-refractivity contribution in [3.63, 3.8) is 0 Å². The van der Waals surface area contributed by atoms with Gasteiger partial charge < -0.3 is 63.4 Å². The molecule has 3 fully saturated rings. The molecule has 0 spiro atoms. The Hall–Kier alpha value is -3.04. The molecule has 3 aliphatic heterocycles. The van der Waals surface area contributed by atoms with Gasteiger partial charge in [0.2, 0.25) is 17.8 Å². The number of rotatable bonds is 9. The van der Waals surface area contributed by atoms with E-state index < -0.39 is 37.3 Å². The summed E-state index contributed by atoms with van der Waals surface area (Å²) in [4.78, 5) is 0. The molecule has 9 atom stereocenters. The summed E-state index contributed by atoms with van der Waals surface area (Å²) in [5, 5.41) is 50.5. The van der Waals surface area contributed by atoms with Crippen molar-refractivity contribution in [2.75, 3.05) is 48.3 Å². The summed E-state index contributed by atoms with van der Waals surface area (Å²) in [6.07, 6.45) is -7.96. The third kappa shape index (κ3) is 5.23. The van der Waals surface area contributed by atoms with Crippen LogP contribution in [0.3, 0.4) is 0 Å². The molecule has 13 heteroatoms. The lowest BCUT2D eigenvalue weighted by atomic mass is 9.84. The van der Waals surface area contributed by atoms with Crippen LogP contribution in [-0.4, -0.2) is 104 Å². The fourth-order valence-electron chi connectivity index (χ4n) is 5.77. The molecule has 0 radical (unpaired) electrons. The van der Waals surface area contributed by atoms with Crippen molar-refractivity contribution in [1.29, 1.82) is 0 Å². The van der Waals surface area contributed by atoms with Gasteiger partial charge in [0.25, 0.3) is 0 Å². The Kier molecular flexibility index (Phi) is 8.66. The molecule has 226 valence electrons. The van der Waals surface area contributed by atoms with Crippen LogP contribution in [0.15, 0.2) is 24.3 Å². The maximum atomic E-state index is 10.5. The molecule has 0 amide bonds. The minimum Gasteiger partial charge on any atom is -0.502 e. The zero-order chi connectivity index (χ0) is 29.4. The Morgan fingerprint density at radius 1 is 0.707 bits per heavy atom. The van der Waals surface area contributed by atoms with Crippen LogP contribution in [0.5, 0.6) is 34.5 Å². The number of aromatic hydroxyl groups is 1. The highest BCUT2D eigenvalue weighted by molar-refractivity contribution is 5.55. The van der Waals surface area contributed by atoms with Crippen LogP contribution in [0.1, 0.15) is 23.3 Å². The van der Waals surface area contributed by atoms with Gasteiger partial charge in [-0.05, 0) is 35.4 Å². The van der Waals surface area contributed by atoms with Gasteiger partial charge in [0.05, 0.1) is 60.5 Å². The minimum atomic E-state index is -1.61. The zero-order valence-electron chi connectivity index (χ0n) is 23.1. The molecule has 3 heterocycles. The number of aliphatic hydroxyl groups is 4. The van der Waals surface area contributed by atoms with Gasteiger partial charge in [-0.2, -0.15) is 0 Å². The molecular formula is C28H36O13. The van der Waals surface area contributed by atoms with E-state index in [2.05, 4.69) is 0 Å². The molecule has 0 unspecified atom stereocenters. The number of hydrogen-bond donors (Lipinski definition) is 5. The first-order valence-corrected chi connectivity index (χ1v) is 13.2. The van der Waals surface area contributed by atoms with E-state index in [0.717, 1.165) is 11.1 Å². The zero-order valence-corrected chi connectivity index (χ0v) is 23.1. The summed E-state index contributed by atoms with van der Waals surface area (Å²) in [5.74, 6) is 1.08. The lowest BCUT2D eigenvalue weighted by Gasteiger charge is -2.39. The van der Waals surface area contributed by atoms with Crippen molar-refractivity contribution in [1.82, 2.24) is 0 Å². The number of benzene rings is 2. The summed E-state index contributed by atoms with van der Waals surface area (Å²) in [5.41, 5.74) is 1.55. The monoisotopic (exact) mass is 580 g/mol. The maximum absolute atomic E-state index is 10.5. The van der Waals surface area contributed by atoms with Gasteiger partial charge in [0, 0.05) is 11.8 Å². The van der Waals surface area contributed by atoms with Crippen molar-refractivity contribution in [3.05, 3.63) is 35.4 Å². The predicted molar refractivity (Wildman–Crippen MR) is 140 cm³/mol. The van der Waals surface area contributed by atoms with Crippen LogP contribution in [0.2, 0.25) is 0 Å². The van der Waals surface area contributed by atoms with Crippen LogP contribution in [0, 0.1) is 11.8 Å². The van der Waals surface area contributed by atoms with Gasteiger partial charge in [0.15, 0.2) is 23.0 Å². The fourth-order valence-corrected chi connectivity index (χ4v) is 5.77. The summed E-state index contributed by atoms with van der Waals surface area (Å²) in [6, 6.07) is 6.93. The third-order valence-electron chi connectivity index (χ3n) is 7.99. The Morgan fingerprint density at radius 2 is 1.17 bits per heavy atom. The van der Waals surface area contributed by atoms with Gasteiger partial charge in [-0.3, -0.25) is 0 Å². The van der Waals surface area contributed by atoms with E-state index in [-0.39, 0.29) is 58.5 Å². The molecular weight excluding hydrogens is 544 g/mol. The van der Waals surface area contributed by atoms with E-state index in [4.69, 9.17) is 37.9 Å². The summed E-state index contributed by atoms with van der Waals surface area (Å²) < 4.78 is 45.7. The molecule has 3 saturated heterocycles. The molecule has 5 rings (SSSR count). The molecule has 0 saturated carbocycles. The number of hydrogen-bond acceptors (Lipinski definition) is 13. The molecule has 5 N–H and O–H groups in total. The number of phenols is 1. The Bertz CT molecular complexity index is 1170. The molecule has 2 aromatic rings. The van der Waals surface area contributed by atoms with Gasteiger partial charge in [0.1, 0.15) is 24.4 Å². The average Bonchev–Trinajstić information content (AvgIpc) is 3.60. The lowest BCUT2D eigenvalue weighted by molar-refractivity contribution is -0.277. The third-order valence-corrected chi connectivity index (χ3v) is 7.99. The summed E-state index contributed by atoms with van der Waals surface area (Å²) in [6.45, 7) is 0.241. The van der Waals surface area contributed by atoms with Gasteiger partial charge in [-0.15, -0.1) is 0 Å². The number of aliphatic hydroxyl groups excluding tert-OH is 4. The first-order chi connectivity index (χ1) is 19.8. The van der Waals surface area contributed by atoms with Crippen LogP contribution in [0.25, 0.3) is 0 Å². The number of phenolic OH excluding ortho intramolecular Hbond substituents is 1. The standard InChI is InChI=1S/C28H36O13/c1-34-16-5-12(6-17(35-2)21(16)30)25-14-10-39-26(15(14)11-38-25)13-7-18(36-3)27(19(8-13)37-4)41-28-24(33)23(32)22(31)20(9-29)40-28/h5-8,14-15,20,22-26,28-33H,9-11H2,1-4H3/t14-,15-,20-,22-,23+,24-,25+,26+,28+/m1/s1. The molecule has 13 nitrogen and oxygen atoms in total. The molecule has 2 aromatic carbocycles. The first-order valence-electron chi connectivity index (χ1n) is 13.2. The minimum absolute atomic E-state index is 0.000914. The molecule has 41 heavy (non-hydrogen) atoms. The first kappa shape index (κ1) is 29.5. The molecule has 3 aliphatic rings. The van der Waals surface area contributed by atoms with Crippen LogP contribution >= 0.6 is 0 Å². The van der Waals surface area contributed by atoms with Gasteiger partial charge in [-0.1, -0.05) is 0 Å². The average molecular weight is 581 g/mol. The number of methoxy groups -OCH3 is 4. The van der Waals surface area contributed by atoms with Gasteiger partial charge >= 0.3 is 0 Å². The van der Waals surface area contributed by atoms with E-state index >= 15 is 0 Å². The second-order valence-electron chi connectivity index (χ2n) is 10.2. The smallest absolute Gasteiger partial charge is 0.229 e. The molecule has 0 bridgehead atoms. The highest BCUT2D eigenvalue weighted by atomic mass is 16.7. The predicted octanol–water partition coefficient (Wildman–Crippen LogP) is 0.680. The second-order valence-corrected chi connectivity index (χ2v) is 10.2. The van der Waals surface area contributed by atoms with Crippen molar-refractivity contribution >= 4 is 0 Å². The highest BCUT2D eigenvalue weighted by Gasteiger charge is 2.49. The fraction of sp³-hybridized carbons (Fsp3) is 0.571. The van der Waals surface area contributed by atoms with Crippen molar-refractivity contribution in [3.8, 4) is 34.5 Å². The molecule has 0 aromatic heterocycles. The SMILES string of the molecule is COc1cc([C@@H]2OC[C@@H]3[C@H]2CO[C@H]3c2cc(OC)c(O[C@@H]3O[C@H](CO)[C@@H](O)[C@H](O)[C@H]3O)c(OC)c2)cc(OC)c1O. The van der Waals surface area contributed by atoms with Crippen LogP contribution < -0.4 is 23.7 Å². The number of ether oxygens (including phenoxy) is 8. The summed E-state index contributed by atoms with van der Waals surface area (Å²) >= 11 is 0. The topological polar surface area (TPSA) is 175 Å². The van der Waals surface area contributed by atoms with E-state index in [1.54, 1.807) is 24.3 Å². The van der Waals surface area contributed by atoms with E-state index in [1.165, 1.54) is 28.4 Å². The van der Waals surface area contributed by atoms with Crippen molar-refractivity contribution < 1.29 is 63.4 Å².